The molecule has 184 valence electrons. The van der Waals surface area contributed by atoms with E-state index in [1.807, 2.05) is 35.9 Å². The first kappa shape index (κ1) is 24.8. The van der Waals surface area contributed by atoms with Gasteiger partial charge in [0.2, 0.25) is 0 Å². The molecule has 2 aromatic heterocycles. The van der Waals surface area contributed by atoms with Crippen LogP contribution in [-0.4, -0.2) is 36.6 Å². The van der Waals surface area contributed by atoms with Gasteiger partial charge >= 0.3 is 0 Å². The van der Waals surface area contributed by atoms with E-state index in [0.29, 0.717) is 6.54 Å². The molecule has 0 fully saturated rings. The Hall–Kier alpha value is -3.32. The van der Waals surface area contributed by atoms with Crippen LogP contribution in [0, 0.1) is 6.92 Å². The van der Waals surface area contributed by atoms with Crippen LogP contribution in [0.2, 0.25) is 0 Å². The van der Waals surface area contributed by atoms with Crippen molar-refractivity contribution in [2.24, 2.45) is 0 Å². The Balaban J connectivity index is 1.74. The standard InChI is InChI=1S/C28H36N6O/c1-6-11-24(26-30-31-32-34(26)28(3,4)5)33(17-16-21-13-8-7-9-14-21)19-23-18-22-15-10-12-20(2)25(22)29-27(23)35/h7-10,12-15,18,24H,6,11,16-17,19H2,1-5H3,(H,29,35). The van der Waals surface area contributed by atoms with Gasteiger partial charge in [0, 0.05) is 18.7 Å². The lowest BCUT2D eigenvalue weighted by molar-refractivity contribution is 0.158. The van der Waals surface area contributed by atoms with Crippen molar-refractivity contribution < 1.29 is 0 Å². The van der Waals surface area contributed by atoms with Gasteiger partial charge in [-0.2, -0.15) is 0 Å². The molecule has 2 aromatic carbocycles. The number of benzene rings is 2. The predicted octanol–water partition coefficient (Wildman–Crippen LogP) is 5.16. The Bertz CT molecular complexity index is 1320. The number of aromatic amines is 1. The molecule has 0 saturated heterocycles. The average molecular weight is 473 g/mol. The number of rotatable bonds is 9. The predicted molar refractivity (Wildman–Crippen MR) is 140 cm³/mol. The van der Waals surface area contributed by atoms with E-state index < -0.39 is 0 Å². The van der Waals surface area contributed by atoms with Crippen LogP contribution in [0.5, 0.6) is 0 Å². The number of hydrogen-bond donors (Lipinski definition) is 1. The zero-order valence-corrected chi connectivity index (χ0v) is 21.5. The van der Waals surface area contributed by atoms with Crippen molar-refractivity contribution in [3.05, 3.63) is 87.5 Å². The van der Waals surface area contributed by atoms with E-state index in [1.165, 1.54) is 5.56 Å². The molecule has 1 atom stereocenters. The topological polar surface area (TPSA) is 79.7 Å². The van der Waals surface area contributed by atoms with E-state index in [4.69, 9.17) is 0 Å². The van der Waals surface area contributed by atoms with Crippen molar-refractivity contribution in [1.82, 2.24) is 30.1 Å². The van der Waals surface area contributed by atoms with Gasteiger partial charge in [-0.15, -0.1) is 5.10 Å². The number of aryl methyl sites for hydroxylation is 1. The number of pyridine rings is 1. The van der Waals surface area contributed by atoms with Gasteiger partial charge in [-0.25, -0.2) is 4.68 Å². The average Bonchev–Trinajstić information content (AvgIpc) is 3.32. The summed E-state index contributed by atoms with van der Waals surface area (Å²) in [5, 5.41) is 13.9. The monoisotopic (exact) mass is 472 g/mol. The molecule has 4 aromatic rings. The first-order chi connectivity index (χ1) is 16.8. The summed E-state index contributed by atoms with van der Waals surface area (Å²) in [5.41, 5.74) is 3.72. The lowest BCUT2D eigenvalue weighted by Crippen LogP contribution is -2.36. The van der Waals surface area contributed by atoms with Gasteiger partial charge in [0.15, 0.2) is 5.82 Å². The third-order valence-corrected chi connectivity index (χ3v) is 6.50. The van der Waals surface area contributed by atoms with E-state index in [9.17, 15) is 4.79 Å². The lowest BCUT2D eigenvalue weighted by Gasteiger charge is -2.33. The first-order valence-electron chi connectivity index (χ1n) is 12.5. The molecule has 0 radical (unpaired) electrons. The molecule has 0 bridgehead atoms. The third-order valence-electron chi connectivity index (χ3n) is 6.50. The molecular formula is C28H36N6O. The quantitative estimate of drug-likeness (QED) is 0.364. The normalized spacial score (nSPS) is 13.0. The van der Waals surface area contributed by atoms with Crippen molar-refractivity contribution >= 4 is 10.9 Å². The molecule has 7 heteroatoms. The van der Waals surface area contributed by atoms with Crippen LogP contribution < -0.4 is 5.56 Å². The van der Waals surface area contributed by atoms with Crippen LogP contribution in [0.4, 0.5) is 0 Å². The van der Waals surface area contributed by atoms with Gasteiger partial charge in [0.05, 0.1) is 17.1 Å². The van der Waals surface area contributed by atoms with Gasteiger partial charge in [-0.05, 0) is 73.5 Å². The summed E-state index contributed by atoms with van der Waals surface area (Å²) in [5.74, 6) is 0.848. The van der Waals surface area contributed by atoms with Crippen LogP contribution in [0.15, 0.2) is 59.4 Å². The summed E-state index contributed by atoms with van der Waals surface area (Å²) in [6.07, 6.45) is 2.76. The van der Waals surface area contributed by atoms with Crippen LogP contribution in [-0.2, 0) is 18.5 Å². The molecule has 1 unspecified atom stereocenters. The Kier molecular flexibility index (Phi) is 7.45. The van der Waals surface area contributed by atoms with Gasteiger partial charge in [-0.1, -0.05) is 61.9 Å². The zero-order valence-electron chi connectivity index (χ0n) is 21.5. The molecule has 35 heavy (non-hydrogen) atoms. The molecule has 0 aliphatic rings. The first-order valence-corrected chi connectivity index (χ1v) is 12.5. The molecule has 0 spiro atoms. The highest BCUT2D eigenvalue weighted by molar-refractivity contribution is 5.81. The van der Waals surface area contributed by atoms with Crippen molar-refractivity contribution in [3.63, 3.8) is 0 Å². The second-order valence-electron chi connectivity index (χ2n) is 10.3. The fourth-order valence-corrected chi connectivity index (χ4v) is 4.66. The molecule has 0 amide bonds. The maximum Gasteiger partial charge on any atom is 0.252 e. The summed E-state index contributed by atoms with van der Waals surface area (Å²) in [7, 11) is 0. The SMILES string of the molecule is CCCC(c1nnnn1C(C)(C)C)N(CCc1ccccc1)Cc1cc2cccc(C)c2[nH]c1=O. The van der Waals surface area contributed by atoms with E-state index in [-0.39, 0.29) is 17.1 Å². The summed E-state index contributed by atoms with van der Waals surface area (Å²) >= 11 is 0. The largest absolute Gasteiger partial charge is 0.321 e. The number of para-hydroxylation sites is 1. The Morgan fingerprint density at radius 3 is 2.57 bits per heavy atom. The highest BCUT2D eigenvalue weighted by Gasteiger charge is 2.30. The highest BCUT2D eigenvalue weighted by atomic mass is 16.1. The third kappa shape index (κ3) is 5.68. The Morgan fingerprint density at radius 2 is 1.86 bits per heavy atom. The minimum absolute atomic E-state index is 0.00876. The van der Waals surface area contributed by atoms with E-state index in [2.05, 4.69) is 83.4 Å². The Labute approximate surface area is 207 Å². The molecule has 0 aliphatic heterocycles. The van der Waals surface area contributed by atoms with Crippen LogP contribution >= 0.6 is 0 Å². The lowest BCUT2D eigenvalue weighted by atomic mass is 10.0. The molecule has 2 heterocycles. The maximum absolute atomic E-state index is 13.2. The number of aromatic nitrogens is 5. The zero-order chi connectivity index (χ0) is 25.0. The van der Waals surface area contributed by atoms with Gasteiger partial charge in [0.1, 0.15) is 0 Å². The minimum atomic E-state index is -0.242. The minimum Gasteiger partial charge on any atom is -0.321 e. The van der Waals surface area contributed by atoms with Crippen molar-refractivity contribution in [2.45, 2.75) is 72.0 Å². The van der Waals surface area contributed by atoms with Crippen LogP contribution in [0.25, 0.3) is 10.9 Å². The van der Waals surface area contributed by atoms with Crippen LogP contribution in [0.3, 0.4) is 0 Å². The number of hydrogen-bond acceptors (Lipinski definition) is 5. The van der Waals surface area contributed by atoms with Crippen molar-refractivity contribution in [1.29, 1.82) is 0 Å². The molecule has 4 rings (SSSR count). The molecule has 7 nitrogen and oxygen atoms in total. The number of fused-ring (bicyclic) bond motifs is 1. The van der Waals surface area contributed by atoms with E-state index >= 15 is 0 Å². The molecule has 0 saturated carbocycles. The summed E-state index contributed by atoms with van der Waals surface area (Å²) in [4.78, 5) is 18.7. The Morgan fingerprint density at radius 1 is 1.09 bits per heavy atom. The summed E-state index contributed by atoms with van der Waals surface area (Å²) in [6.45, 7) is 11.8. The van der Waals surface area contributed by atoms with Crippen LogP contribution in [0.1, 0.15) is 69.1 Å². The van der Waals surface area contributed by atoms with E-state index in [1.54, 1.807) is 0 Å². The highest BCUT2D eigenvalue weighted by Crippen LogP contribution is 2.29. The fraction of sp³-hybridized carbons (Fsp3) is 0.429. The van der Waals surface area contributed by atoms with Gasteiger partial charge in [-0.3, -0.25) is 9.69 Å². The molecule has 1 N–H and O–H groups in total. The van der Waals surface area contributed by atoms with Gasteiger partial charge < -0.3 is 4.98 Å². The van der Waals surface area contributed by atoms with Gasteiger partial charge in [0.25, 0.3) is 5.56 Å². The number of nitrogens with zero attached hydrogens (tertiary/aromatic N) is 5. The summed E-state index contributed by atoms with van der Waals surface area (Å²) in [6, 6.07) is 18.6. The summed E-state index contributed by atoms with van der Waals surface area (Å²) < 4.78 is 1.93. The number of H-pyrrole nitrogens is 1. The second-order valence-corrected chi connectivity index (χ2v) is 10.3. The fourth-order valence-electron chi connectivity index (χ4n) is 4.66. The number of tetrazole rings is 1. The molecule has 0 aliphatic carbocycles. The second kappa shape index (κ2) is 10.5. The van der Waals surface area contributed by atoms with E-state index in [0.717, 1.165) is 53.7 Å². The maximum atomic E-state index is 13.2. The molecular weight excluding hydrogens is 436 g/mol. The van der Waals surface area contributed by atoms with Crippen molar-refractivity contribution in [3.8, 4) is 0 Å². The number of nitrogens with one attached hydrogen (secondary N) is 1. The van der Waals surface area contributed by atoms with Crippen molar-refractivity contribution in [2.75, 3.05) is 6.54 Å². The smallest absolute Gasteiger partial charge is 0.252 e.